The lowest BCUT2D eigenvalue weighted by Crippen LogP contribution is -2.38. The van der Waals surface area contributed by atoms with Gasteiger partial charge in [-0.05, 0) is 47.9 Å². The number of halogens is 1. The Balaban J connectivity index is 0.00000243. The number of nitrogens with one attached hydrogen (secondary N) is 1. The van der Waals surface area contributed by atoms with Crippen LogP contribution < -0.4 is 5.32 Å². The van der Waals surface area contributed by atoms with Crippen LogP contribution >= 0.6 is 35.3 Å². The van der Waals surface area contributed by atoms with Crippen LogP contribution in [0.1, 0.15) is 24.7 Å². The van der Waals surface area contributed by atoms with Crippen molar-refractivity contribution in [1.82, 2.24) is 24.8 Å². The predicted octanol–water partition coefficient (Wildman–Crippen LogP) is 3.44. The van der Waals surface area contributed by atoms with E-state index in [0.29, 0.717) is 0 Å². The van der Waals surface area contributed by atoms with Crippen molar-refractivity contribution in [2.75, 3.05) is 20.1 Å². The lowest BCUT2D eigenvalue weighted by atomic mass is 10.3. The van der Waals surface area contributed by atoms with Crippen molar-refractivity contribution in [3.63, 3.8) is 0 Å². The molecule has 0 radical (unpaired) electrons. The fraction of sp³-hybridized carbons (Fsp3) is 0.389. The maximum atomic E-state index is 4.75. The van der Waals surface area contributed by atoms with Crippen LogP contribution in [0, 0.1) is 0 Å². The smallest absolute Gasteiger partial charge is 0.193 e. The predicted molar refractivity (Wildman–Crippen MR) is 118 cm³/mol. The van der Waals surface area contributed by atoms with Gasteiger partial charge < -0.3 is 10.2 Å². The number of hydrogen-bond donors (Lipinski definition) is 1. The summed E-state index contributed by atoms with van der Waals surface area (Å²) in [5, 5.41) is 16.1. The van der Waals surface area contributed by atoms with Gasteiger partial charge in [0, 0.05) is 39.3 Å². The van der Waals surface area contributed by atoms with Gasteiger partial charge in [0.15, 0.2) is 11.6 Å². The van der Waals surface area contributed by atoms with Crippen LogP contribution in [0.5, 0.6) is 0 Å². The van der Waals surface area contributed by atoms with Crippen molar-refractivity contribution in [2.45, 2.75) is 26.3 Å². The molecule has 3 aromatic heterocycles. The van der Waals surface area contributed by atoms with Crippen molar-refractivity contribution in [3.05, 3.63) is 52.6 Å². The molecule has 0 aliphatic rings. The summed E-state index contributed by atoms with van der Waals surface area (Å²) in [4.78, 5) is 6.92. The highest BCUT2D eigenvalue weighted by atomic mass is 127. The number of aliphatic imine (C=N–C) groups is 1. The normalized spacial score (nSPS) is 11.4. The minimum Gasteiger partial charge on any atom is -0.357 e. The summed E-state index contributed by atoms with van der Waals surface area (Å²) in [6.45, 7) is 4.58. The van der Waals surface area contributed by atoms with E-state index in [0.717, 1.165) is 49.9 Å². The molecule has 0 amide bonds. The molecule has 0 unspecified atom stereocenters. The molecule has 0 atom stereocenters. The van der Waals surface area contributed by atoms with E-state index < -0.39 is 0 Å². The third kappa shape index (κ3) is 5.41. The van der Waals surface area contributed by atoms with Gasteiger partial charge in [-0.15, -0.1) is 34.2 Å². The second kappa shape index (κ2) is 10.5. The molecule has 0 saturated carbocycles. The molecule has 0 aromatic carbocycles. The first-order chi connectivity index (χ1) is 12.3. The van der Waals surface area contributed by atoms with E-state index in [1.54, 1.807) is 11.3 Å². The number of thiophene rings is 1. The van der Waals surface area contributed by atoms with Gasteiger partial charge in [-0.3, -0.25) is 9.39 Å². The molecule has 6 nitrogen and oxygen atoms in total. The van der Waals surface area contributed by atoms with E-state index in [-0.39, 0.29) is 24.0 Å². The Kier molecular flexibility index (Phi) is 8.30. The molecule has 26 heavy (non-hydrogen) atoms. The van der Waals surface area contributed by atoms with Gasteiger partial charge in [0.1, 0.15) is 5.82 Å². The van der Waals surface area contributed by atoms with Gasteiger partial charge in [0.25, 0.3) is 0 Å². The lowest BCUT2D eigenvalue weighted by molar-refractivity contribution is 0.477. The van der Waals surface area contributed by atoms with Crippen molar-refractivity contribution >= 4 is 46.9 Å². The van der Waals surface area contributed by atoms with E-state index >= 15 is 0 Å². The Bertz CT molecular complexity index is 814. The van der Waals surface area contributed by atoms with Crippen LogP contribution in [0.3, 0.4) is 0 Å². The molecule has 3 aromatic rings. The topological polar surface area (TPSA) is 57.8 Å². The van der Waals surface area contributed by atoms with Crippen molar-refractivity contribution in [2.24, 2.45) is 4.99 Å². The maximum absolute atomic E-state index is 4.75. The fourth-order valence-corrected chi connectivity index (χ4v) is 3.34. The molecule has 1 N–H and O–H groups in total. The number of fused-ring (bicyclic) bond motifs is 1. The molecule has 0 bridgehead atoms. The Hall–Kier alpha value is -1.68. The minimum atomic E-state index is 0. The van der Waals surface area contributed by atoms with Crippen LogP contribution in [0.25, 0.3) is 5.65 Å². The number of hydrogen-bond acceptors (Lipinski definition) is 4. The summed E-state index contributed by atoms with van der Waals surface area (Å²) >= 11 is 1.73. The molecular weight excluding hydrogens is 459 g/mol. The van der Waals surface area contributed by atoms with Gasteiger partial charge >= 0.3 is 0 Å². The first-order valence-electron chi connectivity index (χ1n) is 8.57. The Morgan fingerprint density at radius 1 is 1.31 bits per heavy atom. The van der Waals surface area contributed by atoms with Crippen LogP contribution in [0.15, 0.2) is 46.2 Å². The largest absolute Gasteiger partial charge is 0.357 e. The third-order valence-corrected chi connectivity index (χ3v) is 4.63. The van der Waals surface area contributed by atoms with Crippen LogP contribution in [-0.4, -0.2) is 45.6 Å². The van der Waals surface area contributed by atoms with Crippen molar-refractivity contribution in [1.29, 1.82) is 0 Å². The number of guanidine groups is 1. The van der Waals surface area contributed by atoms with E-state index in [1.165, 1.54) is 5.56 Å². The standard InChI is InChI=1S/C18H24N6S.HI/c1-3-19-18(23(2)13-15-9-12-25-14-15)20-10-6-8-17-22-21-16-7-4-5-11-24(16)17;/h4-5,7,9,11-12,14H,3,6,8,10,13H2,1-2H3,(H,19,20);1H. The van der Waals surface area contributed by atoms with E-state index in [2.05, 4.69) is 51.2 Å². The fourth-order valence-electron chi connectivity index (χ4n) is 2.68. The number of aryl methyl sites for hydroxylation is 1. The van der Waals surface area contributed by atoms with Gasteiger partial charge in [0.2, 0.25) is 0 Å². The van der Waals surface area contributed by atoms with E-state index in [4.69, 9.17) is 4.99 Å². The summed E-state index contributed by atoms with van der Waals surface area (Å²) in [6.07, 6.45) is 3.81. The Morgan fingerprint density at radius 2 is 2.19 bits per heavy atom. The first kappa shape index (κ1) is 20.6. The average molecular weight is 484 g/mol. The van der Waals surface area contributed by atoms with Crippen LogP contribution in [-0.2, 0) is 13.0 Å². The minimum absolute atomic E-state index is 0. The van der Waals surface area contributed by atoms with Gasteiger partial charge in [0.05, 0.1) is 0 Å². The van der Waals surface area contributed by atoms with Crippen LogP contribution in [0.2, 0.25) is 0 Å². The summed E-state index contributed by atoms with van der Waals surface area (Å²) in [5.41, 5.74) is 2.21. The highest BCUT2D eigenvalue weighted by molar-refractivity contribution is 14.0. The SMILES string of the molecule is CCNC(=NCCCc1nnc2ccccn12)N(C)Cc1ccsc1.I. The first-order valence-corrected chi connectivity index (χ1v) is 9.51. The van der Waals surface area contributed by atoms with Crippen molar-refractivity contribution in [3.8, 4) is 0 Å². The second-order valence-electron chi connectivity index (χ2n) is 5.87. The van der Waals surface area contributed by atoms with E-state index in [9.17, 15) is 0 Å². The highest BCUT2D eigenvalue weighted by Gasteiger charge is 2.07. The molecule has 0 aliphatic carbocycles. The molecule has 3 heterocycles. The molecule has 0 fully saturated rings. The number of nitrogens with zero attached hydrogens (tertiary/aromatic N) is 5. The summed E-state index contributed by atoms with van der Waals surface area (Å²) < 4.78 is 2.04. The number of aromatic nitrogens is 3. The molecule has 0 spiro atoms. The third-order valence-electron chi connectivity index (χ3n) is 3.90. The number of pyridine rings is 1. The zero-order valence-electron chi connectivity index (χ0n) is 15.1. The Morgan fingerprint density at radius 3 is 2.96 bits per heavy atom. The molecule has 0 saturated heterocycles. The monoisotopic (exact) mass is 484 g/mol. The molecular formula is C18H25IN6S. The summed E-state index contributed by atoms with van der Waals surface area (Å²) in [6, 6.07) is 8.10. The van der Waals surface area contributed by atoms with Crippen LogP contribution in [0.4, 0.5) is 0 Å². The highest BCUT2D eigenvalue weighted by Crippen LogP contribution is 2.09. The second-order valence-corrected chi connectivity index (χ2v) is 6.65. The quantitative estimate of drug-likeness (QED) is 0.242. The molecule has 0 aliphatic heterocycles. The maximum Gasteiger partial charge on any atom is 0.193 e. The molecule has 140 valence electrons. The lowest BCUT2D eigenvalue weighted by Gasteiger charge is -2.21. The zero-order valence-corrected chi connectivity index (χ0v) is 18.3. The average Bonchev–Trinajstić information content (AvgIpc) is 3.27. The zero-order chi connectivity index (χ0) is 17.5. The summed E-state index contributed by atoms with van der Waals surface area (Å²) in [5.74, 6) is 1.93. The number of rotatable bonds is 7. The summed E-state index contributed by atoms with van der Waals surface area (Å²) in [7, 11) is 2.07. The molecule has 3 rings (SSSR count). The van der Waals surface area contributed by atoms with Gasteiger partial charge in [-0.25, -0.2) is 0 Å². The van der Waals surface area contributed by atoms with Crippen molar-refractivity contribution < 1.29 is 0 Å². The van der Waals surface area contributed by atoms with E-state index in [1.807, 2.05) is 28.8 Å². The van der Waals surface area contributed by atoms with Gasteiger partial charge in [-0.1, -0.05) is 6.07 Å². The van der Waals surface area contributed by atoms with Gasteiger partial charge in [-0.2, -0.15) is 11.3 Å². The Labute approximate surface area is 175 Å². The molecule has 8 heteroatoms.